The molecule has 23 heavy (non-hydrogen) atoms. The van der Waals surface area contributed by atoms with Crippen molar-refractivity contribution >= 4 is 32.8 Å². The highest BCUT2D eigenvalue weighted by Gasteiger charge is 2.36. The summed E-state index contributed by atoms with van der Waals surface area (Å²) < 4.78 is 60.9. The van der Waals surface area contributed by atoms with Crippen LogP contribution < -0.4 is 5.32 Å². The fourth-order valence-electron chi connectivity index (χ4n) is 2.36. The number of hydrogen-bond donors (Lipinski definition) is 1. The van der Waals surface area contributed by atoms with Crippen LogP contribution >= 0.6 is 11.6 Å². The zero-order valence-corrected chi connectivity index (χ0v) is 13.1. The Morgan fingerprint density at radius 1 is 1.39 bits per heavy atom. The first kappa shape index (κ1) is 17.8. The van der Waals surface area contributed by atoms with Crippen LogP contribution in [-0.2, 0) is 16.0 Å². The molecule has 0 amide bonds. The third-order valence-corrected chi connectivity index (χ3v) is 5.65. The summed E-state index contributed by atoms with van der Waals surface area (Å²) in [5.74, 6) is -0.266. The molecule has 0 spiro atoms. The van der Waals surface area contributed by atoms with Crippen LogP contribution in [0, 0.1) is 16.0 Å². The predicted octanol–water partition coefficient (Wildman–Crippen LogP) is 3.11. The van der Waals surface area contributed by atoms with Crippen LogP contribution in [0.25, 0.3) is 0 Å². The van der Waals surface area contributed by atoms with Crippen LogP contribution in [0.2, 0.25) is 5.02 Å². The van der Waals surface area contributed by atoms with Crippen molar-refractivity contribution in [2.24, 2.45) is 5.92 Å². The summed E-state index contributed by atoms with van der Waals surface area (Å²) in [5.41, 5.74) is -2.22. The lowest BCUT2D eigenvalue weighted by Crippen LogP contribution is -2.17. The molecule has 128 valence electrons. The molecule has 0 saturated carbocycles. The third-order valence-electron chi connectivity index (χ3n) is 3.50. The van der Waals surface area contributed by atoms with Crippen LogP contribution in [0.1, 0.15) is 12.0 Å². The Morgan fingerprint density at radius 2 is 2.04 bits per heavy atom. The Hall–Kier alpha value is -1.55. The average Bonchev–Trinajstić information content (AvgIpc) is 2.74. The van der Waals surface area contributed by atoms with Crippen molar-refractivity contribution in [1.82, 2.24) is 0 Å². The molecule has 1 aliphatic rings. The van der Waals surface area contributed by atoms with E-state index in [4.69, 9.17) is 11.6 Å². The molecule has 11 heteroatoms. The molecule has 0 aliphatic carbocycles. The van der Waals surface area contributed by atoms with Gasteiger partial charge in [-0.2, -0.15) is 13.2 Å². The smallest absolute Gasteiger partial charge is 0.379 e. The highest BCUT2D eigenvalue weighted by molar-refractivity contribution is 7.91. The molecule has 0 radical (unpaired) electrons. The van der Waals surface area contributed by atoms with Crippen LogP contribution in [-0.4, -0.2) is 31.4 Å². The van der Waals surface area contributed by atoms with Crippen molar-refractivity contribution in [2.45, 2.75) is 12.6 Å². The van der Waals surface area contributed by atoms with Crippen molar-refractivity contribution in [3.63, 3.8) is 0 Å². The van der Waals surface area contributed by atoms with Crippen LogP contribution in [0.5, 0.6) is 0 Å². The van der Waals surface area contributed by atoms with Gasteiger partial charge in [0.2, 0.25) is 0 Å². The summed E-state index contributed by atoms with van der Waals surface area (Å²) in [7, 11) is -3.11. The van der Waals surface area contributed by atoms with E-state index in [9.17, 15) is 31.7 Å². The maximum atomic E-state index is 12.7. The molecular weight excluding hydrogens is 361 g/mol. The van der Waals surface area contributed by atoms with E-state index in [2.05, 4.69) is 5.32 Å². The van der Waals surface area contributed by atoms with Gasteiger partial charge in [-0.1, -0.05) is 11.6 Å². The van der Waals surface area contributed by atoms with E-state index >= 15 is 0 Å². The number of halogens is 4. The Labute approximate surface area is 134 Å². The van der Waals surface area contributed by atoms with Gasteiger partial charge in [0.1, 0.15) is 5.69 Å². The maximum absolute atomic E-state index is 12.7. The van der Waals surface area contributed by atoms with E-state index in [1.54, 1.807) is 0 Å². The first-order valence-electron chi connectivity index (χ1n) is 6.49. The lowest BCUT2D eigenvalue weighted by molar-refractivity contribution is -0.384. The molecule has 6 nitrogen and oxygen atoms in total. The van der Waals surface area contributed by atoms with Gasteiger partial charge in [-0.15, -0.1) is 0 Å². The third kappa shape index (κ3) is 4.25. The van der Waals surface area contributed by atoms with Gasteiger partial charge < -0.3 is 5.32 Å². The lowest BCUT2D eigenvalue weighted by atomic mass is 10.1. The normalized spacial score (nSPS) is 20.4. The van der Waals surface area contributed by atoms with Gasteiger partial charge in [0.25, 0.3) is 5.69 Å². The SMILES string of the molecule is O=[N+]([O-])c1cc(C(F)(F)F)c(Cl)cc1NCC1CCS(=O)(=O)C1. The van der Waals surface area contributed by atoms with Crippen molar-refractivity contribution in [1.29, 1.82) is 0 Å². The first-order valence-corrected chi connectivity index (χ1v) is 8.69. The molecule has 2 rings (SSSR count). The number of benzene rings is 1. The van der Waals surface area contributed by atoms with Crippen LogP contribution in [0.3, 0.4) is 0 Å². The highest BCUT2D eigenvalue weighted by atomic mass is 35.5. The van der Waals surface area contributed by atoms with Crippen molar-refractivity contribution in [3.8, 4) is 0 Å². The van der Waals surface area contributed by atoms with Gasteiger partial charge in [-0.05, 0) is 18.4 Å². The second-order valence-electron chi connectivity index (χ2n) is 5.25. The number of sulfone groups is 1. The number of nitro groups is 1. The van der Waals surface area contributed by atoms with E-state index in [0.717, 1.165) is 6.07 Å². The number of nitrogens with one attached hydrogen (secondary N) is 1. The summed E-state index contributed by atoms with van der Waals surface area (Å²) in [6, 6.07) is 1.21. The van der Waals surface area contributed by atoms with Gasteiger partial charge in [0, 0.05) is 12.6 Å². The molecule has 1 aromatic rings. The molecule has 1 atom stereocenters. The van der Waals surface area contributed by atoms with Crippen molar-refractivity contribution in [3.05, 3.63) is 32.8 Å². The second kappa shape index (κ2) is 6.16. The minimum absolute atomic E-state index is 0.0369. The zero-order valence-electron chi connectivity index (χ0n) is 11.6. The fraction of sp³-hybridized carbons (Fsp3) is 0.500. The van der Waals surface area contributed by atoms with Gasteiger partial charge in [0.15, 0.2) is 9.84 Å². The second-order valence-corrected chi connectivity index (χ2v) is 7.89. The molecule has 1 N–H and O–H groups in total. The maximum Gasteiger partial charge on any atom is 0.418 e. The monoisotopic (exact) mass is 372 g/mol. The Morgan fingerprint density at radius 3 is 2.52 bits per heavy atom. The van der Waals surface area contributed by atoms with Crippen molar-refractivity contribution in [2.75, 3.05) is 23.4 Å². The molecule has 1 heterocycles. The molecule has 1 aromatic carbocycles. The molecule has 1 aliphatic heterocycles. The van der Waals surface area contributed by atoms with Crippen LogP contribution in [0.15, 0.2) is 12.1 Å². The van der Waals surface area contributed by atoms with E-state index < -0.39 is 37.2 Å². The summed E-state index contributed by atoms with van der Waals surface area (Å²) in [6.07, 6.45) is -4.41. The number of nitrogens with zero attached hydrogens (tertiary/aromatic N) is 1. The predicted molar refractivity (Wildman–Crippen MR) is 78.4 cm³/mol. The molecule has 1 unspecified atom stereocenters. The standard InChI is InChI=1S/C12H12ClF3N2O4S/c13-9-4-10(17-5-7-1-2-23(21,22)6-7)11(18(19)20)3-8(9)12(14,15)16/h3-4,7,17H,1-2,5-6H2. The largest absolute Gasteiger partial charge is 0.418 e. The topological polar surface area (TPSA) is 89.3 Å². The number of alkyl halides is 3. The zero-order chi connectivity index (χ0) is 17.4. The average molecular weight is 373 g/mol. The minimum atomic E-state index is -4.81. The molecule has 1 fully saturated rings. The van der Waals surface area contributed by atoms with Gasteiger partial charge >= 0.3 is 6.18 Å². The van der Waals surface area contributed by atoms with E-state index in [1.807, 2.05) is 0 Å². The quantitative estimate of drug-likeness (QED) is 0.648. The Kier molecular flexibility index (Phi) is 4.76. The van der Waals surface area contributed by atoms with E-state index in [1.165, 1.54) is 0 Å². The lowest BCUT2D eigenvalue weighted by Gasteiger charge is -2.14. The summed E-state index contributed by atoms with van der Waals surface area (Å²) >= 11 is 5.55. The van der Waals surface area contributed by atoms with Crippen LogP contribution in [0.4, 0.5) is 24.5 Å². The van der Waals surface area contributed by atoms with Crippen molar-refractivity contribution < 1.29 is 26.5 Å². The Balaban J connectivity index is 2.24. The number of anilines is 1. The molecular formula is C12H12ClF3N2O4S. The fourth-order valence-corrected chi connectivity index (χ4v) is 4.49. The summed E-state index contributed by atoms with van der Waals surface area (Å²) in [4.78, 5) is 10.0. The van der Waals surface area contributed by atoms with E-state index in [-0.39, 0.29) is 29.7 Å². The number of rotatable bonds is 4. The highest BCUT2D eigenvalue weighted by Crippen LogP contribution is 2.40. The molecule has 0 bridgehead atoms. The number of hydrogen-bond acceptors (Lipinski definition) is 5. The number of nitro benzene ring substituents is 1. The van der Waals surface area contributed by atoms with Gasteiger partial charge in [-0.25, -0.2) is 8.42 Å². The van der Waals surface area contributed by atoms with E-state index in [0.29, 0.717) is 12.5 Å². The summed E-state index contributed by atoms with van der Waals surface area (Å²) in [5, 5.41) is 12.9. The summed E-state index contributed by atoms with van der Waals surface area (Å²) in [6.45, 7) is 0.0990. The first-order chi connectivity index (χ1) is 10.5. The Bertz CT molecular complexity index is 737. The molecule has 1 saturated heterocycles. The van der Waals surface area contributed by atoms with Gasteiger partial charge in [0.05, 0.1) is 27.0 Å². The molecule has 0 aromatic heterocycles. The minimum Gasteiger partial charge on any atom is -0.379 e. The van der Waals surface area contributed by atoms with Gasteiger partial charge in [-0.3, -0.25) is 10.1 Å².